The Morgan fingerprint density at radius 3 is 2.59 bits per heavy atom. The number of hydrogen-bond donors (Lipinski definition) is 1. The topological polar surface area (TPSA) is 73.8 Å². The molecule has 8 heteroatoms. The highest BCUT2D eigenvalue weighted by molar-refractivity contribution is 5.76. The van der Waals surface area contributed by atoms with Crippen LogP contribution in [0.5, 0.6) is 0 Å². The summed E-state index contributed by atoms with van der Waals surface area (Å²) in [6.07, 6.45) is -1.33. The van der Waals surface area contributed by atoms with Gasteiger partial charge >= 0.3 is 6.18 Å². The fraction of sp³-hybridized carbons (Fsp3) is 0.357. The maximum atomic E-state index is 12.8. The maximum Gasteiger partial charge on any atom is 0.435 e. The van der Waals surface area contributed by atoms with E-state index < -0.39 is 17.8 Å². The van der Waals surface area contributed by atoms with Crippen molar-refractivity contribution in [1.29, 1.82) is 0 Å². The van der Waals surface area contributed by atoms with Crippen molar-refractivity contribution in [2.24, 2.45) is 5.73 Å². The second-order valence-electron chi connectivity index (χ2n) is 5.31. The van der Waals surface area contributed by atoms with Crippen LogP contribution in [0.15, 0.2) is 24.4 Å². The van der Waals surface area contributed by atoms with Gasteiger partial charge < -0.3 is 5.73 Å². The average Bonchev–Trinajstić information content (AvgIpc) is 3.16. The van der Waals surface area contributed by atoms with Crippen LogP contribution in [0.1, 0.15) is 35.7 Å². The van der Waals surface area contributed by atoms with Crippen LogP contribution >= 0.6 is 0 Å². The van der Waals surface area contributed by atoms with Gasteiger partial charge in [0.25, 0.3) is 0 Å². The Morgan fingerprint density at radius 2 is 2.09 bits per heavy atom. The molecular formula is C14H13F3N4O. The predicted octanol–water partition coefficient (Wildman–Crippen LogP) is 2.19. The summed E-state index contributed by atoms with van der Waals surface area (Å²) in [4.78, 5) is 14.9. The molecule has 1 amide bonds. The Hall–Kier alpha value is -2.38. The van der Waals surface area contributed by atoms with Gasteiger partial charge in [-0.1, -0.05) is 6.07 Å². The first-order valence-electron chi connectivity index (χ1n) is 6.75. The molecule has 0 saturated heterocycles. The van der Waals surface area contributed by atoms with E-state index >= 15 is 0 Å². The van der Waals surface area contributed by atoms with Crippen molar-refractivity contribution in [3.05, 3.63) is 41.3 Å². The average molecular weight is 310 g/mol. The number of nitrogens with zero attached hydrogens (tertiary/aromatic N) is 3. The van der Waals surface area contributed by atoms with E-state index in [1.165, 1.54) is 16.9 Å². The highest BCUT2D eigenvalue weighted by atomic mass is 19.4. The molecule has 2 aromatic rings. The van der Waals surface area contributed by atoms with Gasteiger partial charge in [-0.05, 0) is 30.5 Å². The molecule has 0 atom stereocenters. The zero-order valence-corrected chi connectivity index (χ0v) is 11.5. The molecule has 1 aliphatic rings. The molecule has 0 radical (unpaired) electrons. The van der Waals surface area contributed by atoms with Gasteiger partial charge in [-0.2, -0.15) is 18.3 Å². The maximum absolute atomic E-state index is 12.8. The molecule has 5 nitrogen and oxygen atoms in total. The molecule has 1 aliphatic carbocycles. The van der Waals surface area contributed by atoms with Crippen molar-refractivity contribution in [3.8, 4) is 5.82 Å². The molecule has 2 aromatic heterocycles. The predicted molar refractivity (Wildman–Crippen MR) is 71.2 cm³/mol. The Bertz CT molecular complexity index is 702. The summed E-state index contributed by atoms with van der Waals surface area (Å²) in [5.74, 6) is -0.104. The minimum Gasteiger partial charge on any atom is -0.369 e. The van der Waals surface area contributed by atoms with Crippen molar-refractivity contribution in [1.82, 2.24) is 14.8 Å². The van der Waals surface area contributed by atoms with Crippen LogP contribution in [0.2, 0.25) is 0 Å². The van der Waals surface area contributed by atoms with Crippen LogP contribution in [0.4, 0.5) is 13.2 Å². The number of hydrogen-bond acceptors (Lipinski definition) is 3. The number of pyridine rings is 1. The van der Waals surface area contributed by atoms with E-state index in [2.05, 4.69) is 10.1 Å². The zero-order valence-electron chi connectivity index (χ0n) is 11.5. The molecule has 0 spiro atoms. The van der Waals surface area contributed by atoms with Crippen molar-refractivity contribution < 1.29 is 18.0 Å². The van der Waals surface area contributed by atoms with Gasteiger partial charge in [0.15, 0.2) is 11.5 Å². The van der Waals surface area contributed by atoms with E-state index in [-0.39, 0.29) is 12.3 Å². The fourth-order valence-electron chi connectivity index (χ4n) is 2.24. The quantitative estimate of drug-likeness (QED) is 0.940. The molecule has 1 saturated carbocycles. The van der Waals surface area contributed by atoms with Crippen LogP contribution < -0.4 is 5.73 Å². The number of halogens is 3. The highest BCUT2D eigenvalue weighted by Crippen LogP contribution is 2.42. The Morgan fingerprint density at radius 1 is 1.36 bits per heavy atom. The van der Waals surface area contributed by atoms with Crippen molar-refractivity contribution in [3.63, 3.8) is 0 Å². The SMILES string of the molecule is NC(=O)Cc1ccc(-n2nc(C(F)(F)F)cc2C2CC2)nc1. The molecule has 0 aromatic carbocycles. The van der Waals surface area contributed by atoms with Gasteiger partial charge in [0, 0.05) is 17.8 Å². The van der Waals surface area contributed by atoms with Crippen molar-refractivity contribution in [2.45, 2.75) is 31.4 Å². The number of aromatic nitrogens is 3. The molecule has 2 N–H and O–H groups in total. The normalized spacial score (nSPS) is 15.0. The number of carbonyl (C=O) groups excluding carboxylic acids is 1. The van der Waals surface area contributed by atoms with E-state index in [0.717, 1.165) is 18.9 Å². The Kier molecular flexibility index (Phi) is 3.38. The van der Waals surface area contributed by atoms with Gasteiger partial charge in [0.1, 0.15) is 0 Å². The third kappa shape index (κ3) is 2.95. The smallest absolute Gasteiger partial charge is 0.369 e. The summed E-state index contributed by atoms with van der Waals surface area (Å²) in [5, 5.41) is 3.64. The number of primary amides is 1. The van der Waals surface area contributed by atoms with Gasteiger partial charge in [0.2, 0.25) is 5.91 Å². The van der Waals surface area contributed by atoms with Crippen LogP contribution in [-0.2, 0) is 17.4 Å². The first-order chi connectivity index (χ1) is 10.3. The van der Waals surface area contributed by atoms with E-state index in [1.807, 2.05) is 0 Å². The van der Waals surface area contributed by atoms with Gasteiger partial charge in [-0.25, -0.2) is 9.67 Å². The third-order valence-corrected chi connectivity index (χ3v) is 3.43. The number of amides is 1. The van der Waals surface area contributed by atoms with E-state index in [1.54, 1.807) is 6.07 Å². The number of carbonyl (C=O) groups is 1. The summed E-state index contributed by atoms with van der Waals surface area (Å²) >= 11 is 0. The van der Waals surface area contributed by atoms with Crippen molar-refractivity contribution in [2.75, 3.05) is 0 Å². The first kappa shape index (κ1) is 14.6. The lowest BCUT2D eigenvalue weighted by Crippen LogP contribution is -2.14. The van der Waals surface area contributed by atoms with Crippen LogP contribution in [0.3, 0.4) is 0 Å². The van der Waals surface area contributed by atoms with E-state index in [9.17, 15) is 18.0 Å². The molecule has 0 aliphatic heterocycles. The third-order valence-electron chi connectivity index (χ3n) is 3.43. The number of alkyl halides is 3. The molecule has 22 heavy (non-hydrogen) atoms. The molecule has 3 rings (SSSR count). The zero-order chi connectivity index (χ0) is 15.9. The summed E-state index contributed by atoms with van der Waals surface area (Å²) in [5.41, 5.74) is 5.29. The lowest BCUT2D eigenvalue weighted by Gasteiger charge is -2.06. The van der Waals surface area contributed by atoms with Gasteiger partial charge in [-0.3, -0.25) is 4.79 Å². The number of nitrogens with two attached hydrogens (primary N) is 1. The first-order valence-corrected chi connectivity index (χ1v) is 6.75. The summed E-state index contributed by atoms with van der Waals surface area (Å²) in [6.45, 7) is 0. The molecule has 0 bridgehead atoms. The largest absolute Gasteiger partial charge is 0.435 e. The van der Waals surface area contributed by atoms with Gasteiger partial charge in [0.05, 0.1) is 6.42 Å². The summed E-state index contributed by atoms with van der Waals surface area (Å²) in [7, 11) is 0. The molecule has 0 unspecified atom stereocenters. The minimum atomic E-state index is -4.49. The van der Waals surface area contributed by atoms with Crippen LogP contribution in [0, 0.1) is 0 Å². The molecule has 2 heterocycles. The van der Waals surface area contributed by atoms with E-state index in [4.69, 9.17) is 5.73 Å². The second kappa shape index (κ2) is 5.11. The van der Waals surface area contributed by atoms with Crippen LogP contribution in [0.25, 0.3) is 5.82 Å². The highest BCUT2D eigenvalue weighted by Gasteiger charge is 2.38. The summed E-state index contributed by atoms with van der Waals surface area (Å²) < 4.78 is 39.8. The Labute approximate surface area is 123 Å². The second-order valence-corrected chi connectivity index (χ2v) is 5.31. The summed E-state index contributed by atoms with van der Waals surface area (Å²) in [6, 6.07) is 4.23. The van der Waals surface area contributed by atoms with Crippen molar-refractivity contribution >= 4 is 5.91 Å². The minimum absolute atomic E-state index is 0.0374. The lowest BCUT2D eigenvalue weighted by atomic mass is 10.2. The number of rotatable bonds is 4. The molecule has 116 valence electrons. The standard InChI is InChI=1S/C14H13F3N4O/c15-14(16,17)11-6-10(9-2-3-9)21(20-11)13-4-1-8(7-19-13)5-12(18)22/h1,4,6-7,9H,2-3,5H2,(H2,18,22). The van der Waals surface area contributed by atoms with Crippen LogP contribution in [-0.4, -0.2) is 20.7 Å². The Balaban J connectivity index is 1.96. The lowest BCUT2D eigenvalue weighted by molar-refractivity contribution is -0.141. The monoisotopic (exact) mass is 310 g/mol. The van der Waals surface area contributed by atoms with E-state index in [0.29, 0.717) is 17.1 Å². The van der Waals surface area contributed by atoms with Gasteiger partial charge in [-0.15, -0.1) is 0 Å². The fourth-order valence-corrected chi connectivity index (χ4v) is 2.24. The molecule has 1 fully saturated rings. The molecular weight excluding hydrogens is 297 g/mol.